The minimum atomic E-state index is -0.554. The molecule has 0 spiro atoms. The summed E-state index contributed by atoms with van der Waals surface area (Å²) < 4.78 is 17.3. The third-order valence-corrected chi connectivity index (χ3v) is 10.5. The predicted molar refractivity (Wildman–Crippen MR) is 251 cm³/mol. The van der Waals surface area contributed by atoms with Crippen LogP contribution in [-0.2, 0) is 23.8 Å². The van der Waals surface area contributed by atoms with Crippen molar-refractivity contribution in [3.63, 3.8) is 0 Å². The second-order valence-corrected chi connectivity index (χ2v) is 16.3. The quantitative estimate of drug-likeness (QED) is 0.0348. The summed E-state index contributed by atoms with van der Waals surface area (Å²) in [6.07, 6.45) is 60.8. The lowest BCUT2D eigenvalue weighted by Gasteiger charge is -2.18. The highest BCUT2D eigenvalue weighted by Gasteiger charge is 2.17. The third kappa shape index (κ3) is 46.3. The molecule has 58 heavy (non-hydrogen) atoms. The molecule has 5 heteroatoms. The fourth-order valence-electron chi connectivity index (χ4n) is 6.85. The number of carbonyl (C=O) groups excluding carboxylic acids is 2. The molecule has 0 radical (unpaired) electrons. The van der Waals surface area contributed by atoms with Crippen molar-refractivity contribution in [2.45, 2.75) is 245 Å². The zero-order chi connectivity index (χ0) is 42.1. The van der Waals surface area contributed by atoms with Crippen molar-refractivity contribution in [2.24, 2.45) is 0 Å². The summed E-state index contributed by atoms with van der Waals surface area (Å²) in [5.41, 5.74) is 0. The van der Waals surface area contributed by atoms with Crippen LogP contribution in [0.15, 0.2) is 60.8 Å². The monoisotopic (exact) mass is 811 g/mol. The molecule has 0 heterocycles. The maximum absolute atomic E-state index is 12.8. The van der Waals surface area contributed by atoms with Gasteiger partial charge in [0.2, 0.25) is 0 Å². The van der Waals surface area contributed by atoms with Gasteiger partial charge < -0.3 is 14.2 Å². The highest BCUT2D eigenvalue weighted by atomic mass is 16.6. The lowest BCUT2D eigenvalue weighted by Crippen LogP contribution is -2.30. The Morgan fingerprint density at radius 3 is 1.29 bits per heavy atom. The third-order valence-electron chi connectivity index (χ3n) is 10.5. The van der Waals surface area contributed by atoms with Gasteiger partial charge in [-0.2, -0.15) is 0 Å². The maximum Gasteiger partial charge on any atom is 0.306 e. The Kier molecular flexibility index (Phi) is 46.9. The van der Waals surface area contributed by atoms with Gasteiger partial charge in [-0.1, -0.05) is 204 Å². The molecule has 0 bridgehead atoms. The Hall–Kier alpha value is -2.40. The van der Waals surface area contributed by atoms with Gasteiger partial charge in [0.05, 0.1) is 6.61 Å². The number of rotatable bonds is 45. The number of hydrogen-bond donors (Lipinski definition) is 0. The number of unbranched alkanes of at least 4 members (excludes halogenated alkanes) is 24. The molecule has 1 unspecified atom stereocenters. The lowest BCUT2D eigenvalue weighted by atomic mass is 10.1. The molecule has 0 aromatic heterocycles. The summed E-state index contributed by atoms with van der Waals surface area (Å²) in [4.78, 5) is 25.3. The first-order valence-electron chi connectivity index (χ1n) is 24.8. The molecule has 0 amide bonds. The number of carbonyl (C=O) groups is 2. The molecule has 0 fully saturated rings. The van der Waals surface area contributed by atoms with E-state index in [4.69, 9.17) is 14.2 Å². The Morgan fingerprint density at radius 2 is 0.776 bits per heavy atom. The van der Waals surface area contributed by atoms with E-state index >= 15 is 0 Å². The summed E-state index contributed by atoms with van der Waals surface area (Å²) in [7, 11) is 0. The van der Waals surface area contributed by atoms with Crippen LogP contribution < -0.4 is 0 Å². The maximum atomic E-state index is 12.8. The van der Waals surface area contributed by atoms with Crippen LogP contribution in [0.5, 0.6) is 0 Å². The average Bonchev–Trinajstić information content (AvgIpc) is 3.22. The van der Waals surface area contributed by atoms with Crippen LogP contribution in [0.25, 0.3) is 0 Å². The van der Waals surface area contributed by atoms with E-state index in [1.54, 1.807) is 0 Å². The second-order valence-electron chi connectivity index (χ2n) is 16.3. The molecule has 0 N–H and O–H groups in total. The molecule has 0 rings (SSSR count). The molecular weight excluding hydrogens is 717 g/mol. The Morgan fingerprint density at radius 1 is 0.397 bits per heavy atom. The molecule has 1 atom stereocenters. The number of hydrogen-bond acceptors (Lipinski definition) is 5. The number of ether oxygens (including phenoxy) is 3. The Balaban J connectivity index is 4.33. The van der Waals surface area contributed by atoms with Gasteiger partial charge in [-0.25, -0.2) is 0 Å². The first-order valence-corrected chi connectivity index (χ1v) is 24.8. The largest absolute Gasteiger partial charge is 0.462 e. The fraction of sp³-hybridized carbons (Fsp3) is 0.774. The molecule has 0 aliphatic rings. The van der Waals surface area contributed by atoms with Crippen molar-refractivity contribution in [1.82, 2.24) is 0 Å². The zero-order valence-electron chi connectivity index (χ0n) is 38.6. The van der Waals surface area contributed by atoms with Gasteiger partial charge in [0.15, 0.2) is 6.10 Å². The molecule has 5 nitrogen and oxygen atoms in total. The molecule has 0 aromatic carbocycles. The van der Waals surface area contributed by atoms with Crippen molar-refractivity contribution in [2.75, 3.05) is 19.8 Å². The van der Waals surface area contributed by atoms with Gasteiger partial charge >= 0.3 is 11.9 Å². The van der Waals surface area contributed by atoms with E-state index in [1.807, 2.05) is 0 Å². The summed E-state index contributed by atoms with van der Waals surface area (Å²) in [5.74, 6) is -0.449. The van der Waals surface area contributed by atoms with E-state index in [0.29, 0.717) is 19.4 Å². The van der Waals surface area contributed by atoms with Crippen LogP contribution >= 0.6 is 0 Å². The molecule has 0 aliphatic carbocycles. The van der Waals surface area contributed by atoms with Crippen molar-refractivity contribution in [3.05, 3.63) is 60.8 Å². The zero-order valence-corrected chi connectivity index (χ0v) is 38.6. The summed E-state index contributed by atoms with van der Waals surface area (Å²) >= 11 is 0. The topological polar surface area (TPSA) is 61.8 Å². The van der Waals surface area contributed by atoms with Gasteiger partial charge in [0.25, 0.3) is 0 Å². The summed E-state index contributed by atoms with van der Waals surface area (Å²) in [5, 5.41) is 0. The normalized spacial score (nSPS) is 12.7. The fourth-order valence-corrected chi connectivity index (χ4v) is 6.85. The van der Waals surface area contributed by atoms with Crippen molar-refractivity contribution < 1.29 is 23.8 Å². The molecule has 0 aromatic rings. The van der Waals surface area contributed by atoms with E-state index < -0.39 is 6.10 Å². The van der Waals surface area contributed by atoms with Crippen LogP contribution in [0.4, 0.5) is 0 Å². The van der Waals surface area contributed by atoms with Crippen LogP contribution in [0.2, 0.25) is 0 Å². The van der Waals surface area contributed by atoms with E-state index in [0.717, 1.165) is 83.5 Å². The highest BCUT2D eigenvalue weighted by molar-refractivity contribution is 5.70. The van der Waals surface area contributed by atoms with Gasteiger partial charge in [-0.15, -0.1) is 0 Å². The average molecular weight is 811 g/mol. The minimum absolute atomic E-state index is 0.0618. The van der Waals surface area contributed by atoms with E-state index in [1.165, 1.54) is 122 Å². The highest BCUT2D eigenvalue weighted by Crippen LogP contribution is 2.14. The molecule has 0 saturated carbocycles. The first kappa shape index (κ1) is 55.6. The molecular formula is C53H94O5. The van der Waals surface area contributed by atoms with Crippen molar-refractivity contribution >= 4 is 11.9 Å². The Bertz CT molecular complexity index is 1010. The SMILES string of the molecule is CC/C=C\C/C=C\C/C=C\C/C=C\CCCCC(=O)OCC(COCCCCCCCCCCCCCC)OC(=O)CCCCCCC/C=C\CCCCCCCC. The number of esters is 2. The lowest BCUT2D eigenvalue weighted by molar-refractivity contribution is -0.163. The molecule has 0 saturated heterocycles. The predicted octanol–water partition coefficient (Wildman–Crippen LogP) is 16.6. The summed E-state index contributed by atoms with van der Waals surface area (Å²) in [6, 6.07) is 0. The smallest absolute Gasteiger partial charge is 0.306 e. The summed E-state index contributed by atoms with van der Waals surface area (Å²) in [6.45, 7) is 7.67. The van der Waals surface area contributed by atoms with E-state index in [9.17, 15) is 9.59 Å². The van der Waals surface area contributed by atoms with Crippen LogP contribution in [0.3, 0.4) is 0 Å². The van der Waals surface area contributed by atoms with Gasteiger partial charge in [-0.05, 0) is 83.5 Å². The van der Waals surface area contributed by atoms with Gasteiger partial charge in [0.1, 0.15) is 6.61 Å². The van der Waals surface area contributed by atoms with Crippen LogP contribution in [0, 0.1) is 0 Å². The van der Waals surface area contributed by atoms with Gasteiger partial charge in [-0.3, -0.25) is 9.59 Å². The standard InChI is InChI=1S/C53H94O5/c1-4-7-10-13-16-19-22-25-27-29-31-34-37-40-43-46-52(54)57-50-51(49-56-48-45-42-39-36-33-24-21-18-15-12-9-6-3)58-53(55)47-44-41-38-35-32-30-28-26-23-20-17-14-11-8-5-2/h7,10,16,19,25-28,31,34,51H,4-6,8-9,11-15,17-18,20-24,29-30,32-33,35-50H2,1-3H3/b10-7-,19-16-,27-25-,28-26-,34-31-. The van der Waals surface area contributed by atoms with E-state index in [-0.39, 0.29) is 25.2 Å². The Labute approximate surface area is 360 Å². The molecule has 336 valence electrons. The van der Waals surface area contributed by atoms with Crippen molar-refractivity contribution in [1.29, 1.82) is 0 Å². The second kappa shape index (κ2) is 49.0. The van der Waals surface area contributed by atoms with Crippen LogP contribution in [0.1, 0.15) is 239 Å². The van der Waals surface area contributed by atoms with Crippen molar-refractivity contribution in [3.8, 4) is 0 Å². The number of allylic oxidation sites excluding steroid dienone is 10. The minimum Gasteiger partial charge on any atom is -0.462 e. The van der Waals surface area contributed by atoms with E-state index in [2.05, 4.69) is 81.5 Å². The van der Waals surface area contributed by atoms with Gasteiger partial charge in [0, 0.05) is 19.4 Å². The molecule has 0 aliphatic heterocycles. The first-order chi connectivity index (χ1) is 28.6. The van der Waals surface area contributed by atoms with Crippen LogP contribution in [-0.4, -0.2) is 37.9 Å².